The van der Waals surface area contributed by atoms with Gasteiger partial charge in [-0.2, -0.15) is 0 Å². The summed E-state index contributed by atoms with van der Waals surface area (Å²) in [4.78, 5) is 2.60. The minimum atomic E-state index is 0.409. The zero-order valence-electron chi connectivity index (χ0n) is 12.7. The van der Waals surface area contributed by atoms with Crippen LogP contribution < -0.4 is 10.6 Å². The molecule has 2 heteroatoms. The van der Waals surface area contributed by atoms with Crippen molar-refractivity contribution in [3.8, 4) is 0 Å². The van der Waals surface area contributed by atoms with Crippen LogP contribution in [0.4, 0.5) is 5.69 Å². The summed E-state index contributed by atoms with van der Waals surface area (Å²) in [6, 6.07) is 9.33. The summed E-state index contributed by atoms with van der Waals surface area (Å²) >= 11 is 0. The number of benzene rings is 1. The minimum Gasteiger partial charge on any atom is -0.371 e. The Morgan fingerprint density at radius 3 is 2.95 bits per heavy atom. The standard InChI is InChI=1S/C18H28N2/c1-2-14-9-10-17(19)16(12-14)13-20-11-5-7-15-6-3-4-8-18(15)20/h3-4,6,8,14,16-17H,2,5,7,9-13,19H2,1H3. The zero-order valence-corrected chi connectivity index (χ0v) is 12.7. The molecule has 0 aromatic heterocycles. The molecule has 3 atom stereocenters. The Balaban J connectivity index is 1.71. The average molecular weight is 272 g/mol. The number of fused-ring (bicyclic) bond motifs is 1. The third-order valence-electron chi connectivity index (χ3n) is 5.39. The second-order valence-corrected chi connectivity index (χ2v) is 6.69. The summed E-state index contributed by atoms with van der Waals surface area (Å²) in [7, 11) is 0. The number of hydrogen-bond acceptors (Lipinski definition) is 2. The number of aryl methyl sites for hydroxylation is 1. The first kappa shape index (κ1) is 13.9. The molecule has 1 saturated carbocycles. The van der Waals surface area contributed by atoms with E-state index < -0.39 is 0 Å². The van der Waals surface area contributed by atoms with Crippen LogP contribution in [0.1, 0.15) is 44.6 Å². The molecule has 3 rings (SSSR count). The van der Waals surface area contributed by atoms with Gasteiger partial charge in [-0.1, -0.05) is 31.5 Å². The number of hydrogen-bond donors (Lipinski definition) is 1. The lowest BCUT2D eigenvalue weighted by atomic mass is 9.77. The molecule has 1 aliphatic heterocycles. The zero-order chi connectivity index (χ0) is 13.9. The molecule has 2 N–H and O–H groups in total. The summed E-state index contributed by atoms with van der Waals surface area (Å²) in [5, 5.41) is 0. The van der Waals surface area contributed by atoms with Crippen LogP contribution in [0.15, 0.2) is 24.3 Å². The smallest absolute Gasteiger partial charge is 0.0398 e. The lowest BCUT2D eigenvalue weighted by Crippen LogP contribution is -2.44. The first-order chi connectivity index (χ1) is 9.78. The average Bonchev–Trinajstić information content (AvgIpc) is 2.50. The fourth-order valence-electron chi connectivity index (χ4n) is 4.05. The molecular formula is C18H28N2. The Labute approximate surface area is 123 Å². The number of para-hydroxylation sites is 1. The van der Waals surface area contributed by atoms with Crippen molar-refractivity contribution in [1.82, 2.24) is 0 Å². The second kappa shape index (κ2) is 6.17. The Bertz CT molecular complexity index is 443. The van der Waals surface area contributed by atoms with Crippen molar-refractivity contribution in [2.45, 2.75) is 51.5 Å². The van der Waals surface area contributed by atoms with Gasteiger partial charge < -0.3 is 10.6 Å². The summed E-state index contributed by atoms with van der Waals surface area (Å²) in [6.45, 7) is 4.69. The monoisotopic (exact) mass is 272 g/mol. The van der Waals surface area contributed by atoms with Crippen LogP contribution in [-0.2, 0) is 6.42 Å². The van der Waals surface area contributed by atoms with Crippen molar-refractivity contribution in [3.05, 3.63) is 29.8 Å². The molecule has 0 radical (unpaired) electrons. The number of nitrogens with two attached hydrogens (primary N) is 1. The van der Waals surface area contributed by atoms with Crippen LogP contribution in [0.5, 0.6) is 0 Å². The highest BCUT2D eigenvalue weighted by Crippen LogP contribution is 2.34. The van der Waals surface area contributed by atoms with E-state index in [1.54, 1.807) is 0 Å². The summed E-state index contributed by atoms with van der Waals surface area (Å²) in [5.41, 5.74) is 9.39. The Hall–Kier alpha value is -1.02. The third-order valence-corrected chi connectivity index (χ3v) is 5.39. The van der Waals surface area contributed by atoms with Crippen molar-refractivity contribution in [1.29, 1.82) is 0 Å². The molecule has 0 spiro atoms. The first-order valence-corrected chi connectivity index (χ1v) is 8.36. The molecule has 1 fully saturated rings. The lowest BCUT2D eigenvalue weighted by molar-refractivity contribution is 0.230. The Kier molecular flexibility index (Phi) is 4.30. The maximum Gasteiger partial charge on any atom is 0.0398 e. The van der Waals surface area contributed by atoms with Crippen LogP contribution >= 0.6 is 0 Å². The topological polar surface area (TPSA) is 29.3 Å². The van der Waals surface area contributed by atoms with E-state index in [1.165, 1.54) is 56.3 Å². The predicted octanol–water partition coefficient (Wildman–Crippen LogP) is 3.59. The molecule has 3 unspecified atom stereocenters. The van der Waals surface area contributed by atoms with Gasteiger partial charge in [0.2, 0.25) is 0 Å². The number of anilines is 1. The van der Waals surface area contributed by atoms with Crippen molar-refractivity contribution >= 4 is 5.69 Å². The van der Waals surface area contributed by atoms with Crippen LogP contribution in [0, 0.1) is 11.8 Å². The molecule has 1 aromatic carbocycles. The van der Waals surface area contributed by atoms with Crippen molar-refractivity contribution < 1.29 is 0 Å². The largest absolute Gasteiger partial charge is 0.371 e. The van der Waals surface area contributed by atoms with Gasteiger partial charge in [0.25, 0.3) is 0 Å². The summed E-state index contributed by atoms with van der Waals surface area (Å²) < 4.78 is 0. The van der Waals surface area contributed by atoms with Gasteiger partial charge >= 0.3 is 0 Å². The van der Waals surface area contributed by atoms with E-state index in [-0.39, 0.29) is 0 Å². The van der Waals surface area contributed by atoms with E-state index in [2.05, 4.69) is 36.1 Å². The third kappa shape index (κ3) is 2.85. The first-order valence-electron chi connectivity index (χ1n) is 8.36. The van der Waals surface area contributed by atoms with E-state index in [1.807, 2.05) is 0 Å². The van der Waals surface area contributed by atoms with Crippen LogP contribution in [0.25, 0.3) is 0 Å². The number of rotatable bonds is 3. The lowest BCUT2D eigenvalue weighted by Gasteiger charge is -2.40. The molecule has 1 aliphatic carbocycles. The van der Waals surface area contributed by atoms with E-state index in [0.29, 0.717) is 12.0 Å². The van der Waals surface area contributed by atoms with Gasteiger partial charge in [-0.25, -0.2) is 0 Å². The highest BCUT2D eigenvalue weighted by atomic mass is 15.1. The van der Waals surface area contributed by atoms with Gasteiger partial charge in [-0.3, -0.25) is 0 Å². The van der Waals surface area contributed by atoms with Gasteiger partial charge in [0.05, 0.1) is 0 Å². The van der Waals surface area contributed by atoms with Gasteiger partial charge in [-0.15, -0.1) is 0 Å². The van der Waals surface area contributed by atoms with Crippen LogP contribution in [0.2, 0.25) is 0 Å². The fraction of sp³-hybridized carbons (Fsp3) is 0.667. The van der Waals surface area contributed by atoms with Gasteiger partial charge in [0, 0.05) is 24.8 Å². The summed E-state index contributed by atoms with van der Waals surface area (Å²) in [5.74, 6) is 1.58. The molecular weight excluding hydrogens is 244 g/mol. The van der Waals surface area contributed by atoms with Gasteiger partial charge in [0.15, 0.2) is 0 Å². The van der Waals surface area contributed by atoms with Crippen molar-refractivity contribution in [2.24, 2.45) is 17.6 Å². The molecule has 0 saturated heterocycles. The number of nitrogens with zero attached hydrogens (tertiary/aromatic N) is 1. The van der Waals surface area contributed by atoms with E-state index >= 15 is 0 Å². The molecule has 2 aliphatic rings. The Morgan fingerprint density at radius 2 is 2.10 bits per heavy atom. The van der Waals surface area contributed by atoms with E-state index in [9.17, 15) is 0 Å². The molecule has 110 valence electrons. The molecule has 2 nitrogen and oxygen atoms in total. The quantitative estimate of drug-likeness (QED) is 0.911. The minimum absolute atomic E-state index is 0.409. The van der Waals surface area contributed by atoms with Crippen LogP contribution in [0.3, 0.4) is 0 Å². The highest BCUT2D eigenvalue weighted by molar-refractivity contribution is 5.55. The maximum atomic E-state index is 6.41. The molecule has 20 heavy (non-hydrogen) atoms. The fourth-order valence-corrected chi connectivity index (χ4v) is 4.05. The predicted molar refractivity (Wildman–Crippen MR) is 86.1 cm³/mol. The highest BCUT2D eigenvalue weighted by Gasteiger charge is 2.29. The molecule has 0 amide bonds. The molecule has 1 heterocycles. The normalized spacial score (nSPS) is 30.1. The van der Waals surface area contributed by atoms with E-state index in [0.717, 1.165) is 12.5 Å². The van der Waals surface area contributed by atoms with Gasteiger partial charge in [-0.05, 0) is 55.6 Å². The molecule has 1 aromatic rings. The van der Waals surface area contributed by atoms with Gasteiger partial charge in [0.1, 0.15) is 0 Å². The van der Waals surface area contributed by atoms with Crippen LogP contribution in [-0.4, -0.2) is 19.1 Å². The maximum absolute atomic E-state index is 6.41. The SMILES string of the molecule is CCC1CCC(N)C(CN2CCCc3ccccc32)C1. The second-order valence-electron chi connectivity index (χ2n) is 6.69. The Morgan fingerprint density at radius 1 is 1.25 bits per heavy atom. The molecule has 0 bridgehead atoms. The van der Waals surface area contributed by atoms with E-state index in [4.69, 9.17) is 5.73 Å². The van der Waals surface area contributed by atoms with Crippen molar-refractivity contribution in [2.75, 3.05) is 18.0 Å². The summed E-state index contributed by atoms with van der Waals surface area (Å²) in [6.07, 6.45) is 7.73. The van der Waals surface area contributed by atoms with Crippen molar-refractivity contribution in [3.63, 3.8) is 0 Å².